The van der Waals surface area contributed by atoms with Gasteiger partial charge in [0, 0.05) is 23.9 Å². The van der Waals surface area contributed by atoms with Crippen LogP contribution in [0.25, 0.3) is 0 Å². The molecule has 0 aliphatic heterocycles. The summed E-state index contributed by atoms with van der Waals surface area (Å²) < 4.78 is 18.6. The van der Waals surface area contributed by atoms with Gasteiger partial charge in [-0.3, -0.25) is 0 Å². The van der Waals surface area contributed by atoms with Crippen LogP contribution in [0.15, 0.2) is 24.4 Å². The lowest BCUT2D eigenvalue weighted by atomic mass is 10.0. The van der Waals surface area contributed by atoms with E-state index in [9.17, 15) is 14.3 Å². The summed E-state index contributed by atoms with van der Waals surface area (Å²) in [5, 5.41) is 28.0. The van der Waals surface area contributed by atoms with E-state index in [1.165, 1.54) is 24.4 Å². The molecule has 1 aromatic carbocycles. The molecule has 3 N–H and O–H groups in total. The predicted octanol–water partition coefficient (Wildman–Crippen LogP) is 2.53. The minimum atomic E-state index is -1.36. The molecule has 0 bridgehead atoms. The third kappa shape index (κ3) is 4.19. The molecule has 1 aromatic heterocycles. The van der Waals surface area contributed by atoms with Crippen LogP contribution in [0.4, 0.5) is 4.39 Å². The second kappa shape index (κ2) is 8.05. The fraction of sp³-hybridized carbons (Fsp3) is 0.250. The normalized spacial score (nSPS) is 10.8. The summed E-state index contributed by atoms with van der Waals surface area (Å²) in [6.45, 7) is -0.0952. The van der Waals surface area contributed by atoms with E-state index in [4.69, 9.17) is 26.6 Å². The third-order valence-corrected chi connectivity index (χ3v) is 3.61. The van der Waals surface area contributed by atoms with Crippen LogP contribution in [0.1, 0.15) is 27.2 Å². The van der Waals surface area contributed by atoms with E-state index in [1.54, 1.807) is 0 Å². The number of ether oxygens (including phenoxy) is 1. The Bertz CT molecular complexity index is 753. The number of halogens is 2. The lowest BCUT2D eigenvalue weighted by molar-refractivity contribution is 0.0685. The molecule has 0 atom stereocenters. The zero-order valence-electron chi connectivity index (χ0n) is 12.5. The molecule has 2 aromatic rings. The number of rotatable bonds is 7. The zero-order valence-corrected chi connectivity index (χ0v) is 13.3. The number of aliphatic hydroxyl groups is 1. The van der Waals surface area contributed by atoms with Crippen molar-refractivity contribution in [2.24, 2.45) is 0 Å². The number of carbonyl (C=O) groups is 1. The van der Waals surface area contributed by atoms with Crippen molar-refractivity contribution in [1.82, 2.24) is 4.98 Å². The lowest BCUT2D eigenvalue weighted by Gasteiger charge is -2.12. The van der Waals surface area contributed by atoms with E-state index >= 15 is 0 Å². The second-order valence-corrected chi connectivity index (χ2v) is 5.39. The summed E-state index contributed by atoms with van der Waals surface area (Å²) in [6.07, 6.45) is 1.35. The van der Waals surface area contributed by atoms with E-state index in [1.807, 2.05) is 0 Å². The number of benzene rings is 1. The van der Waals surface area contributed by atoms with Gasteiger partial charge in [-0.05, 0) is 24.1 Å². The van der Waals surface area contributed by atoms with Crippen LogP contribution in [0.2, 0.25) is 5.02 Å². The van der Waals surface area contributed by atoms with Crippen LogP contribution in [-0.2, 0) is 24.4 Å². The summed E-state index contributed by atoms with van der Waals surface area (Å²) in [5.41, 5.74) is 0.902. The highest BCUT2D eigenvalue weighted by Gasteiger charge is 2.18. The average molecular weight is 356 g/mol. The Morgan fingerprint density at radius 3 is 2.71 bits per heavy atom. The number of aliphatic hydroxyl groups excluding tert-OH is 1. The molecule has 0 saturated heterocycles. The average Bonchev–Trinajstić information content (AvgIpc) is 2.53. The van der Waals surface area contributed by atoms with Gasteiger partial charge in [-0.1, -0.05) is 17.7 Å². The number of pyridine rings is 1. The molecule has 6 nitrogen and oxygen atoms in total. The molecular weight excluding hydrogens is 341 g/mol. The molecule has 8 heteroatoms. The molecule has 128 valence electrons. The van der Waals surface area contributed by atoms with Crippen LogP contribution in [-0.4, -0.2) is 32.9 Å². The van der Waals surface area contributed by atoms with Gasteiger partial charge in [-0.2, -0.15) is 0 Å². The van der Waals surface area contributed by atoms with E-state index in [2.05, 4.69) is 4.98 Å². The quantitative estimate of drug-likeness (QED) is 0.705. The molecular formula is C16H15ClFNO5. The monoisotopic (exact) mass is 355 g/mol. The van der Waals surface area contributed by atoms with Gasteiger partial charge in [0.1, 0.15) is 5.82 Å². The number of carboxylic acids is 1. The Morgan fingerprint density at radius 2 is 2.08 bits per heavy atom. The Labute approximate surface area is 142 Å². The summed E-state index contributed by atoms with van der Waals surface area (Å²) >= 11 is 5.69. The Balaban J connectivity index is 2.12. The van der Waals surface area contributed by atoms with Crippen LogP contribution in [0, 0.1) is 5.82 Å². The fourth-order valence-electron chi connectivity index (χ4n) is 2.16. The topological polar surface area (TPSA) is 99.9 Å². The van der Waals surface area contributed by atoms with Crippen LogP contribution >= 0.6 is 11.6 Å². The van der Waals surface area contributed by atoms with E-state index in [0.29, 0.717) is 11.1 Å². The molecule has 0 amide bonds. The fourth-order valence-corrected chi connectivity index (χ4v) is 2.36. The van der Waals surface area contributed by atoms with Crippen molar-refractivity contribution >= 4 is 17.6 Å². The van der Waals surface area contributed by atoms with Crippen molar-refractivity contribution in [3.63, 3.8) is 0 Å². The van der Waals surface area contributed by atoms with E-state index < -0.39 is 23.2 Å². The van der Waals surface area contributed by atoms with Gasteiger partial charge in [0.05, 0.1) is 18.2 Å². The number of hydrogen-bond donors (Lipinski definition) is 3. The molecule has 0 unspecified atom stereocenters. The molecule has 0 fully saturated rings. The minimum Gasteiger partial charge on any atom is -0.505 e. The molecule has 0 spiro atoms. The summed E-state index contributed by atoms with van der Waals surface area (Å²) in [6, 6.07) is 4.20. The molecule has 2 rings (SSSR count). The van der Waals surface area contributed by atoms with Crippen LogP contribution < -0.4 is 0 Å². The van der Waals surface area contributed by atoms with Gasteiger partial charge in [0.15, 0.2) is 11.4 Å². The Morgan fingerprint density at radius 1 is 1.33 bits per heavy atom. The van der Waals surface area contributed by atoms with E-state index in [-0.39, 0.29) is 36.8 Å². The molecule has 0 radical (unpaired) electrons. The van der Waals surface area contributed by atoms with Gasteiger partial charge >= 0.3 is 5.97 Å². The highest BCUT2D eigenvalue weighted by molar-refractivity contribution is 6.30. The molecule has 0 aliphatic rings. The maximum Gasteiger partial charge on any atom is 0.358 e. The number of nitrogens with zero attached hydrogens (tertiary/aromatic N) is 1. The summed E-state index contributed by atoms with van der Waals surface area (Å²) in [5.74, 6) is -2.37. The number of aromatic hydroxyl groups is 1. The van der Waals surface area contributed by atoms with Gasteiger partial charge in [0.25, 0.3) is 0 Å². The van der Waals surface area contributed by atoms with Gasteiger partial charge < -0.3 is 20.1 Å². The molecule has 1 heterocycles. The SMILES string of the molecule is O=C(O)c1ncc(COCc2ccc(F)c(Cl)c2)c(CCO)c1O. The first-order valence-corrected chi connectivity index (χ1v) is 7.37. The van der Waals surface area contributed by atoms with Crippen molar-refractivity contribution in [3.8, 4) is 5.75 Å². The maximum atomic E-state index is 13.1. The zero-order chi connectivity index (χ0) is 17.7. The maximum absolute atomic E-state index is 13.1. The third-order valence-electron chi connectivity index (χ3n) is 3.32. The lowest BCUT2D eigenvalue weighted by Crippen LogP contribution is -2.08. The van der Waals surface area contributed by atoms with Gasteiger partial charge in [-0.15, -0.1) is 0 Å². The molecule has 0 saturated carbocycles. The first kappa shape index (κ1) is 18.1. The number of aromatic carboxylic acids is 1. The van der Waals surface area contributed by atoms with Crippen LogP contribution in [0.5, 0.6) is 5.75 Å². The number of aromatic nitrogens is 1. The Kier molecular flexibility index (Phi) is 6.08. The summed E-state index contributed by atoms with van der Waals surface area (Å²) in [4.78, 5) is 14.7. The van der Waals surface area contributed by atoms with E-state index in [0.717, 1.165) is 0 Å². The highest BCUT2D eigenvalue weighted by atomic mass is 35.5. The Hall–Kier alpha value is -2.22. The highest BCUT2D eigenvalue weighted by Crippen LogP contribution is 2.26. The first-order chi connectivity index (χ1) is 11.4. The number of hydrogen-bond acceptors (Lipinski definition) is 5. The standard InChI is InChI=1S/C16H15ClFNO5/c17-12-5-9(1-2-13(12)18)7-24-8-10-6-19-14(16(22)23)15(21)11(10)3-4-20/h1-2,5-6,20-21H,3-4,7-8H2,(H,22,23). The largest absolute Gasteiger partial charge is 0.505 e. The smallest absolute Gasteiger partial charge is 0.358 e. The molecule has 0 aliphatic carbocycles. The van der Waals surface area contributed by atoms with Crippen molar-refractivity contribution in [2.75, 3.05) is 6.61 Å². The predicted molar refractivity (Wildman–Crippen MR) is 83.6 cm³/mol. The minimum absolute atomic E-state index is 0.0119. The molecule has 24 heavy (non-hydrogen) atoms. The van der Waals surface area contributed by atoms with Gasteiger partial charge in [0.2, 0.25) is 0 Å². The second-order valence-electron chi connectivity index (χ2n) is 4.98. The van der Waals surface area contributed by atoms with Crippen molar-refractivity contribution < 1.29 is 29.2 Å². The van der Waals surface area contributed by atoms with Gasteiger partial charge in [-0.25, -0.2) is 14.2 Å². The van der Waals surface area contributed by atoms with Crippen molar-refractivity contribution in [3.05, 3.63) is 57.6 Å². The van der Waals surface area contributed by atoms with Crippen molar-refractivity contribution in [2.45, 2.75) is 19.6 Å². The first-order valence-electron chi connectivity index (χ1n) is 6.99. The van der Waals surface area contributed by atoms with Crippen molar-refractivity contribution in [1.29, 1.82) is 0 Å². The summed E-state index contributed by atoms with van der Waals surface area (Å²) in [7, 11) is 0. The number of carboxylic acid groups (broad SMARTS) is 1. The van der Waals surface area contributed by atoms with Crippen LogP contribution in [0.3, 0.4) is 0 Å².